The van der Waals surface area contributed by atoms with E-state index in [0.717, 1.165) is 22.4 Å². The van der Waals surface area contributed by atoms with Crippen LogP contribution in [-0.2, 0) is 27.2 Å². The SMILES string of the molecule is Cc1nc2cc[c-]c(-c3ncnn3-c3ccccc3F)c2n1C.[Ir]. The maximum atomic E-state index is 14.1. The average Bonchev–Trinajstić information content (AvgIpc) is 3.13. The van der Waals surface area contributed by atoms with Gasteiger partial charge in [-0.2, -0.15) is 5.10 Å². The van der Waals surface area contributed by atoms with Crippen molar-refractivity contribution in [3.63, 3.8) is 0 Å². The minimum Gasteiger partial charge on any atom is -0.371 e. The van der Waals surface area contributed by atoms with Crippen molar-refractivity contribution in [2.75, 3.05) is 0 Å². The summed E-state index contributed by atoms with van der Waals surface area (Å²) >= 11 is 0. The monoisotopic (exact) mass is 499 g/mol. The molecule has 0 unspecified atom stereocenters. The molecule has 123 valence electrons. The molecular formula is C17H13FIrN5-. The second-order valence-corrected chi connectivity index (χ2v) is 5.25. The van der Waals surface area contributed by atoms with Crippen molar-refractivity contribution in [1.82, 2.24) is 24.3 Å². The van der Waals surface area contributed by atoms with Gasteiger partial charge in [0.05, 0.1) is 17.3 Å². The normalized spacial score (nSPS) is 10.8. The van der Waals surface area contributed by atoms with E-state index in [1.54, 1.807) is 24.3 Å². The molecule has 4 aromatic rings. The molecule has 0 saturated heterocycles. The summed E-state index contributed by atoms with van der Waals surface area (Å²) in [6, 6.07) is 13.4. The van der Waals surface area contributed by atoms with Crippen molar-refractivity contribution < 1.29 is 24.5 Å². The summed E-state index contributed by atoms with van der Waals surface area (Å²) in [7, 11) is 1.94. The number of halogens is 1. The van der Waals surface area contributed by atoms with Gasteiger partial charge in [0, 0.05) is 32.7 Å². The van der Waals surface area contributed by atoms with Gasteiger partial charge in [0.25, 0.3) is 0 Å². The maximum absolute atomic E-state index is 14.1. The van der Waals surface area contributed by atoms with Gasteiger partial charge < -0.3 is 4.57 Å². The predicted octanol–water partition coefficient (Wildman–Crippen LogP) is 3.07. The molecule has 0 fully saturated rings. The molecule has 0 spiro atoms. The van der Waals surface area contributed by atoms with Gasteiger partial charge in [-0.3, -0.25) is 14.6 Å². The summed E-state index contributed by atoms with van der Waals surface area (Å²) in [4.78, 5) is 8.83. The van der Waals surface area contributed by atoms with Crippen LogP contribution in [0.15, 0.2) is 42.7 Å². The minimum atomic E-state index is -0.354. The Bertz CT molecular complexity index is 1020. The first kappa shape index (κ1) is 16.5. The van der Waals surface area contributed by atoms with Crippen LogP contribution in [0.3, 0.4) is 0 Å². The third-order valence-electron chi connectivity index (χ3n) is 3.90. The number of hydrogen-bond donors (Lipinski definition) is 0. The van der Waals surface area contributed by atoms with E-state index in [0.29, 0.717) is 11.5 Å². The van der Waals surface area contributed by atoms with Gasteiger partial charge in [-0.05, 0) is 24.6 Å². The Morgan fingerprint density at radius 1 is 1.17 bits per heavy atom. The molecule has 2 aromatic carbocycles. The van der Waals surface area contributed by atoms with Crippen LogP contribution in [0.5, 0.6) is 0 Å². The number of imidazole rings is 1. The Hall–Kier alpha value is -2.37. The number of aryl methyl sites for hydroxylation is 2. The van der Waals surface area contributed by atoms with Crippen LogP contribution in [0.2, 0.25) is 0 Å². The van der Waals surface area contributed by atoms with Crippen LogP contribution in [0.4, 0.5) is 4.39 Å². The maximum Gasteiger partial charge on any atom is 0.147 e. The summed E-state index contributed by atoms with van der Waals surface area (Å²) in [5, 5.41) is 4.18. The molecule has 7 heteroatoms. The number of nitrogens with zero attached hydrogens (tertiary/aromatic N) is 5. The van der Waals surface area contributed by atoms with E-state index >= 15 is 0 Å². The largest absolute Gasteiger partial charge is 0.371 e. The average molecular weight is 499 g/mol. The molecule has 4 rings (SSSR count). The van der Waals surface area contributed by atoms with Gasteiger partial charge in [-0.15, -0.1) is 18.2 Å². The van der Waals surface area contributed by atoms with Crippen LogP contribution < -0.4 is 0 Å². The Labute approximate surface area is 151 Å². The Morgan fingerprint density at radius 3 is 2.75 bits per heavy atom. The van der Waals surface area contributed by atoms with Crippen LogP contribution in [-0.4, -0.2) is 24.3 Å². The van der Waals surface area contributed by atoms with E-state index in [1.165, 1.54) is 17.1 Å². The van der Waals surface area contributed by atoms with Crippen LogP contribution in [0.25, 0.3) is 28.1 Å². The quantitative estimate of drug-likeness (QED) is 0.399. The molecular weight excluding hydrogens is 485 g/mol. The van der Waals surface area contributed by atoms with Gasteiger partial charge in [-0.25, -0.2) is 4.39 Å². The number of benzene rings is 2. The van der Waals surface area contributed by atoms with Gasteiger partial charge in [0.2, 0.25) is 0 Å². The van der Waals surface area contributed by atoms with Crippen molar-refractivity contribution in [2.45, 2.75) is 6.92 Å². The number of rotatable bonds is 2. The van der Waals surface area contributed by atoms with Gasteiger partial charge in [0.15, 0.2) is 0 Å². The number of aromatic nitrogens is 5. The number of fused-ring (bicyclic) bond motifs is 1. The summed E-state index contributed by atoms with van der Waals surface area (Å²) in [6.07, 6.45) is 1.41. The van der Waals surface area contributed by atoms with E-state index in [4.69, 9.17) is 0 Å². The third kappa shape index (κ3) is 2.46. The zero-order valence-corrected chi connectivity index (χ0v) is 15.4. The van der Waals surface area contributed by atoms with E-state index < -0.39 is 0 Å². The fourth-order valence-electron chi connectivity index (χ4n) is 2.70. The molecule has 0 aliphatic heterocycles. The van der Waals surface area contributed by atoms with Crippen molar-refractivity contribution in [2.24, 2.45) is 7.05 Å². The van der Waals surface area contributed by atoms with Crippen molar-refractivity contribution >= 4 is 11.0 Å². The van der Waals surface area contributed by atoms with Crippen LogP contribution in [0.1, 0.15) is 5.82 Å². The standard InChI is InChI=1S/C17H13FN5.Ir/c1-11-21-14-8-5-6-12(16(14)22(11)2)17-19-10-20-23(17)15-9-4-3-7-13(15)18;/h3-5,7-10H,1-2H3;/q-1;. The first-order valence-electron chi connectivity index (χ1n) is 7.16. The van der Waals surface area contributed by atoms with Crippen molar-refractivity contribution in [3.05, 3.63) is 60.4 Å². The molecule has 1 radical (unpaired) electrons. The molecule has 0 atom stereocenters. The molecule has 0 bridgehead atoms. The van der Waals surface area contributed by atoms with E-state index in [2.05, 4.69) is 21.1 Å². The van der Waals surface area contributed by atoms with Gasteiger partial charge >= 0.3 is 0 Å². The zero-order valence-electron chi connectivity index (χ0n) is 13.0. The van der Waals surface area contributed by atoms with Crippen LogP contribution >= 0.6 is 0 Å². The minimum absolute atomic E-state index is 0. The Kier molecular flexibility index (Phi) is 4.30. The second-order valence-electron chi connectivity index (χ2n) is 5.25. The Morgan fingerprint density at radius 2 is 1.96 bits per heavy atom. The fraction of sp³-hybridized carbons (Fsp3) is 0.118. The smallest absolute Gasteiger partial charge is 0.147 e. The summed E-state index contributed by atoms with van der Waals surface area (Å²) in [5.74, 6) is 1.06. The first-order chi connectivity index (χ1) is 11.2. The molecule has 0 saturated carbocycles. The molecule has 0 amide bonds. The summed E-state index contributed by atoms with van der Waals surface area (Å²) in [5.41, 5.74) is 2.84. The molecule has 5 nitrogen and oxygen atoms in total. The molecule has 0 aliphatic carbocycles. The van der Waals surface area contributed by atoms with Crippen molar-refractivity contribution in [1.29, 1.82) is 0 Å². The number of hydrogen-bond acceptors (Lipinski definition) is 3. The number of para-hydroxylation sites is 1. The molecule has 0 aliphatic rings. The topological polar surface area (TPSA) is 48.5 Å². The Balaban J connectivity index is 0.00000169. The second kappa shape index (κ2) is 6.26. The van der Waals surface area contributed by atoms with Crippen LogP contribution in [0, 0.1) is 18.8 Å². The molecule has 0 N–H and O–H groups in total. The summed E-state index contributed by atoms with van der Waals surface area (Å²) in [6.45, 7) is 1.94. The van der Waals surface area contributed by atoms with Crippen molar-refractivity contribution in [3.8, 4) is 17.1 Å². The molecule has 2 aromatic heterocycles. The van der Waals surface area contributed by atoms with E-state index in [9.17, 15) is 4.39 Å². The predicted molar refractivity (Wildman–Crippen MR) is 84.6 cm³/mol. The van der Waals surface area contributed by atoms with Gasteiger partial charge in [-0.1, -0.05) is 17.7 Å². The molecule has 2 heterocycles. The van der Waals surface area contributed by atoms with E-state index in [1.807, 2.05) is 24.6 Å². The molecule has 24 heavy (non-hydrogen) atoms. The van der Waals surface area contributed by atoms with Gasteiger partial charge in [0.1, 0.15) is 12.1 Å². The van der Waals surface area contributed by atoms with E-state index in [-0.39, 0.29) is 25.9 Å². The third-order valence-corrected chi connectivity index (χ3v) is 3.90. The first-order valence-corrected chi connectivity index (χ1v) is 7.16. The zero-order chi connectivity index (χ0) is 16.0. The fourth-order valence-corrected chi connectivity index (χ4v) is 2.70. The summed E-state index contributed by atoms with van der Waals surface area (Å²) < 4.78 is 17.6.